The third-order valence-electron chi connectivity index (χ3n) is 3.96. The van der Waals surface area contributed by atoms with E-state index in [-0.39, 0.29) is 11.4 Å². The number of carbonyl (C=O) groups excluding carboxylic acids is 2. The van der Waals surface area contributed by atoms with Crippen molar-refractivity contribution in [1.29, 1.82) is 0 Å². The molecule has 1 aromatic heterocycles. The summed E-state index contributed by atoms with van der Waals surface area (Å²) in [6, 6.07) is 5.75. The lowest BCUT2D eigenvalue weighted by molar-refractivity contribution is -0.136. The smallest absolute Gasteiger partial charge is 0.236 e. The molecule has 3 N–H and O–H groups in total. The second-order valence-electron chi connectivity index (χ2n) is 5.33. The SMILES string of the molecule is NC(=O)C1(C(=O)NC2(c3cccc(I)n3)CC2)CC1. The first-order valence-electron chi connectivity index (χ1n) is 6.24. The van der Waals surface area contributed by atoms with Gasteiger partial charge < -0.3 is 11.1 Å². The molecule has 6 heteroatoms. The highest BCUT2D eigenvalue weighted by Crippen LogP contribution is 2.50. The van der Waals surface area contributed by atoms with E-state index in [9.17, 15) is 9.59 Å². The molecule has 1 aromatic rings. The van der Waals surface area contributed by atoms with Crippen LogP contribution in [0.1, 0.15) is 31.4 Å². The average molecular weight is 371 g/mol. The van der Waals surface area contributed by atoms with Crippen LogP contribution in [0.15, 0.2) is 18.2 Å². The number of rotatable bonds is 4. The normalized spacial score (nSPS) is 21.5. The van der Waals surface area contributed by atoms with Crippen LogP contribution in [0.2, 0.25) is 0 Å². The minimum absolute atomic E-state index is 0.238. The van der Waals surface area contributed by atoms with Gasteiger partial charge in [0.1, 0.15) is 9.12 Å². The third kappa shape index (κ3) is 2.11. The number of amides is 2. The molecule has 3 rings (SSSR count). The monoisotopic (exact) mass is 371 g/mol. The molecule has 0 aliphatic heterocycles. The molecular weight excluding hydrogens is 357 g/mol. The van der Waals surface area contributed by atoms with E-state index in [0.717, 1.165) is 22.2 Å². The minimum Gasteiger partial charge on any atom is -0.369 e. The number of hydrogen-bond donors (Lipinski definition) is 2. The fourth-order valence-electron chi connectivity index (χ4n) is 2.29. The predicted molar refractivity (Wildman–Crippen MR) is 76.9 cm³/mol. The zero-order valence-electron chi connectivity index (χ0n) is 10.3. The quantitative estimate of drug-likeness (QED) is 0.472. The van der Waals surface area contributed by atoms with Crippen LogP contribution in [0.4, 0.5) is 0 Å². The Balaban J connectivity index is 1.80. The van der Waals surface area contributed by atoms with Gasteiger partial charge in [-0.2, -0.15) is 0 Å². The van der Waals surface area contributed by atoms with E-state index in [1.165, 1.54) is 0 Å². The van der Waals surface area contributed by atoms with Gasteiger partial charge in [-0.05, 0) is 60.4 Å². The van der Waals surface area contributed by atoms with Crippen molar-refractivity contribution in [1.82, 2.24) is 10.3 Å². The van der Waals surface area contributed by atoms with Crippen molar-refractivity contribution >= 4 is 34.4 Å². The second-order valence-corrected chi connectivity index (χ2v) is 6.43. The number of carbonyl (C=O) groups is 2. The Hall–Kier alpha value is -1.18. The van der Waals surface area contributed by atoms with Gasteiger partial charge in [0.15, 0.2) is 0 Å². The molecule has 0 radical (unpaired) electrons. The lowest BCUT2D eigenvalue weighted by Crippen LogP contribution is -2.45. The first kappa shape index (κ1) is 12.8. The molecule has 2 amide bonds. The summed E-state index contributed by atoms with van der Waals surface area (Å²) in [7, 11) is 0. The number of aromatic nitrogens is 1. The van der Waals surface area contributed by atoms with Crippen molar-refractivity contribution in [2.24, 2.45) is 11.1 Å². The number of halogens is 1. The zero-order valence-corrected chi connectivity index (χ0v) is 12.4. The Bertz CT molecular complexity index is 565. The van der Waals surface area contributed by atoms with E-state index < -0.39 is 11.3 Å². The van der Waals surface area contributed by atoms with Gasteiger partial charge in [-0.15, -0.1) is 0 Å². The summed E-state index contributed by atoms with van der Waals surface area (Å²) in [5, 5.41) is 2.99. The van der Waals surface area contributed by atoms with Crippen molar-refractivity contribution < 1.29 is 9.59 Å². The fraction of sp³-hybridized carbons (Fsp3) is 0.462. The van der Waals surface area contributed by atoms with Gasteiger partial charge in [0.05, 0.1) is 11.2 Å². The number of nitrogens with two attached hydrogens (primary N) is 1. The molecular formula is C13H14IN3O2. The number of nitrogens with zero attached hydrogens (tertiary/aromatic N) is 1. The summed E-state index contributed by atoms with van der Waals surface area (Å²) in [6.07, 6.45) is 2.84. The van der Waals surface area contributed by atoms with E-state index in [0.29, 0.717) is 12.8 Å². The lowest BCUT2D eigenvalue weighted by Gasteiger charge is -2.20. The highest BCUT2D eigenvalue weighted by Gasteiger charge is 2.59. The molecule has 19 heavy (non-hydrogen) atoms. The molecule has 2 aliphatic carbocycles. The Kier molecular flexibility index (Phi) is 2.81. The van der Waals surface area contributed by atoms with Crippen molar-refractivity contribution in [3.63, 3.8) is 0 Å². The minimum atomic E-state index is -0.961. The van der Waals surface area contributed by atoms with E-state index in [4.69, 9.17) is 5.73 Å². The van der Waals surface area contributed by atoms with Crippen molar-refractivity contribution in [3.8, 4) is 0 Å². The van der Waals surface area contributed by atoms with Gasteiger partial charge >= 0.3 is 0 Å². The highest BCUT2D eigenvalue weighted by atomic mass is 127. The van der Waals surface area contributed by atoms with Crippen LogP contribution in [0.3, 0.4) is 0 Å². The van der Waals surface area contributed by atoms with E-state index in [1.807, 2.05) is 18.2 Å². The second kappa shape index (κ2) is 4.16. The number of nitrogens with one attached hydrogen (secondary N) is 1. The summed E-state index contributed by atoms with van der Waals surface area (Å²) < 4.78 is 0.895. The fourth-order valence-corrected chi connectivity index (χ4v) is 2.76. The number of hydrogen-bond acceptors (Lipinski definition) is 3. The molecule has 0 atom stereocenters. The predicted octanol–water partition coefficient (Wildman–Crippen LogP) is 1.06. The van der Waals surface area contributed by atoms with Crippen LogP contribution in [-0.2, 0) is 15.1 Å². The van der Waals surface area contributed by atoms with E-state index >= 15 is 0 Å². The molecule has 0 saturated heterocycles. The highest BCUT2D eigenvalue weighted by molar-refractivity contribution is 14.1. The molecule has 0 bridgehead atoms. The van der Waals surface area contributed by atoms with Crippen LogP contribution in [0.25, 0.3) is 0 Å². The molecule has 0 unspecified atom stereocenters. The summed E-state index contributed by atoms with van der Waals surface area (Å²) in [6.45, 7) is 0. The standard InChI is InChI=1S/C13H14IN3O2/c14-9-3-1-2-8(16-9)13(6-7-13)17-11(19)12(4-5-12)10(15)18/h1-3H,4-7H2,(H2,15,18)(H,17,19). The Labute approximate surface area is 124 Å². The van der Waals surface area contributed by atoms with Crippen molar-refractivity contribution in [2.75, 3.05) is 0 Å². The Morgan fingerprint density at radius 1 is 1.26 bits per heavy atom. The topological polar surface area (TPSA) is 85.1 Å². The van der Waals surface area contributed by atoms with E-state index in [1.54, 1.807) is 0 Å². The van der Waals surface area contributed by atoms with Gasteiger partial charge in [0.2, 0.25) is 11.8 Å². The molecule has 0 spiro atoms. The Morgan fingerprint density at radius 3 is 2.42 bits per heavy atom. The largest absolute Gasteiger partial charge is 0.369 e. The Morgan fingerprint density at radius 2 is 1.95 bits per heavy atom. The first-order valence-corrected chi connectivity index (χ1v) is 7.32. The van der Waals surface area contributed by atoms with Crippen LogP contribution in [-0.4, -0.2) is 16.8 Å². The maximum Gasteiger partial charge on any atom is 0.236 e. The van der Waals surface area contributed by atoms with Crippen molar-refractivity contribution in [2.45, 2.75) is 31.2 Å². The van der Waals surface area contributed by atoms with Gasteiger partial charge in [-0.25, -0.2) is 4.98 Å². The lowest BCUT2D eigenvalue weighted by atomic mass is 10.0. The molecule has 2 saturated carbocycles. The summed E-state index contributed by atoms with van der Waals surface area (Å²) in [5.74, 6) is -0.755. The first-order chi connectivity index (χ1) is 8.98. The molecule has 2 aliphatic rings. The van der Waals surface area contributed by atoms with E-state index in [2.05, 4.69) is 32.9 Å². The average Bonchev–Trinajstić information content (AvgIpc) is 3.24. The molecule has 2 fully saturated rings. The maximum atomic E-state index is 12.2. The maximum absolute atomic E-state index is 12.2. The van der Waals surface area contributed by atoms with Crippen LogP contribution >= 0.6 is 22.6 Å². The number of primary amides is 1. The summed E-state index contributed by atoms with van der Waals surface area (Å²) in [5.41, 5.74) is 4.84. The summed E-state index contributed by atoms with van der Waals surface area (Å²) >= 11 is 2.15. The molecule has 0 aromatic carbocycles. The van der Waals surface area contributed by atoms with Gasteiger partial charge in [0, 0.05) is 0 Å². The van der Waals surface area contributed by atoms with Crippen LogP contribution in [0, 0.1) is 9.12 Å². The number of pyridine rings is 1. The van der Waals surface area contributed by atoms with Gasteiger partial charge in [-0.1, -0.05) is 6.07 Å². The third-order valence-corrected chi connectivity index (χ3v) is 4.57. The van der Waals surface area contributed by atoms with Crippen molar-refractivity contribution in [3.05, 3.63) is 27.6 Å². The molecule has 1 heterocycles. The van der Waals surface area contributed by atoms with Gasteiger partial charge in [0.25, 0.3) is 0 Å². The molecule has 100 valence electrons. The zero-order chi connectivity index (χ0) is 13.7. The van der Waals surface area contributed by atoms with Crippen LogP contribution < -0.4 is 11.1 Å². The van der Waals surface area contributed by atoms with Gasteiger partial charge in [-0.3, -0.25) is 9.59 Å². The van der Waals surface area contributed by atoms with Crippen LogP contribution in [0.5, 0.6) is 0 Å². The summed E-state index contributed by atoms with van der Waals surface area (Å²) in [4.78, 5) is 28.1. The molecule has 5 nitrogen and oxygen atoms in total.